The van der Waals surface area contributed by atoms with E-state index in [0.29, 0.717) is 37.8 Å². The number of hydrogen-bond donors (Lipinski definition) is 1. The molecule has 0 atom stereocenters. The van der Waals surface area contributed by atoms with Gasteiger partial charge in [-0.05, 0) is 60.7 Å². The molecule has 0 bridgehead atoms. The van der Waals surface area contributed by atoms with Crippen LogP contribution in [0.2, 0.25) is 0 Å². The van der Waals surface area contributed by atoms with Crippen molar-refractivity contribution in [3.63, 3.8) is 0 Å². The van der Waals surface area contributed by atoms with Crippen molar-refractivity contribution in [2.45, 2.75) is 0 Å². The van der Waals surface area contributed by atoms with Crippen molar-refractivity contribution in [3.8, 4) is 17.0 Å². The Hall–Kier alpha value is -3.91. The van der Waals surface area contributed by atoms with E-state index in [1.165, 1.54) is 0 Å². The number of nitrogens with zero attached hydrogens (tertiary/aromatic N) is 4. The van der Waals surface area contributed by atoms with Gasteiger partial charge in [-0.25, -0.2) is 4.52 Å². The van der Waals surface area contributed by atoms with Crippen LogP contribution >= 0.6 is 0 Å². The van der Waals surface area contributed by atoms with Crippen LogP contribution in [0, 0.1) is 0 Å². The van der Waals surface area contributed by atoms with Gasteiger partial charge in [0.15, 0.2) is 5.65 Å². The van der Waals surface area contributed by atoms with Gasteiger partial charge in [0.2, 0.25) is 5.95 Å². The van der Waals surface area contributed by atoms with E-state index in [4.69, 9.17) is 9.47 Å². The number of benzene rings is 2. The molecule has 1 amide bonds. The Morgan fingerprint density at radius 3 is 2.47 bits per heavy atom. The lowest BCUT2D eigenvalue weighted by Crippen LogP contribution is -2.40. The number of methoxy groups -OCH3 is 1. The maximum atomic E-state index is 12.6. The summed E-state index contributed by atoms with van der Waals surface area (Å²) >= 11 is 0. The monoisotopic (exact) mass is 429 g/mol. The van der Waals surface area contributed by atoms with E-state index in [1.807, 2.05) is 71.6 Å². The minimum absolute atomic E-state index is 0.0230. The lowest BCUT2D eigenvalue weighted by atomic mass is 10.1. The molecule has 2 aromatic carbocycles. The molecular formula is C24H23N5O3. The van der Waals surface area contributed by atoms with E-state index < -0.39 is 0 Å². The molecular weight excluding hydrogens is 406 g/mol. The second kappa shape index (κ2) is 8.68. The first-order valence-corrected chi connectivity index (χ1v) is 10.5. The summed E-state index contributed by atoms with van der Waals surface area (Å²) in [7, 11) is 1.65. The molecule has 0 unspecified atom stereocenters. The number of rotatable bonds is 5. The van der Waals surface area contributed by atoms with Crippen molar-refractivity contribution in [1.82, 2.24) is 19.5 Å². The Labute approximate surface area is 185 Å². The molecule has 4 aromatic rings. The van der Waals surface area contributed by atoms with Crippen LogP contribution in [-0.2, 0) is 4.74 Å². The average molecular weight is 429 g/mol. The summed E-state index contributed by atoms with van der Waals surface area (Å²) in [5.41, 5.74) is 4.14. The van der Waals surface area contributed by atoms with Gasteiger partial charge in [-0.15, -0.1) is 5.10 Å². The van der Waals surface area contributed by atoms with Crippen LogP contribution in [0.25, 0.3) is 16.9 Å². The summed E-state index contributed by atoms with van der Waals surface area (Å²) in [5, 5.41) is 7.86. The normalized spacial score (nSPS) is 13.8. The molecule has 0 spiro atoms. The number of aromatic nitrogens is 3. The molecule has 0 aliphatic carbocycles. The van der Waals surface area contributed by atoms with Crippen molar-refractivity contribution in [1.29, 1.82) is 0 Å². The van der Waals surface area contributed by atoms with Crippen LogP contribution in [0.3, 0.4) is 0 Å². The number of ether oxygens (including phenoxy) is 2. The smallest absolute Gasteiger partial charge is 0.254 e. The van der Waals surface area contributed by atoms with Crippen molar-refractivity contribution in [2.75, 3.05) is 38.7 Å². The molecule has 8 nitrogen and oxygen atoms in total. The van der Waals surface area contributed by atoms with E-state index in [1.54, 1.807) is 11.6 Å². The molecule has 8 heteroatoms. The molecule has 1 N–H and O–H groups in total. The predicted molar refractivity (Wildman–Crippen MR) is 121 cm³/mol. The maximum absolute atomic E-state index is 12.6. The minimum atomic E-state index is 0.0230. The van der Waals surface area contributed by atoms with Gasteiger partial charge in [0.25, 0.3) is 5.91 Å². The highest BCUT2D eigenvalue weighted by Crippen LogP contribution is 2.24. The standard InChI is InChI=1S/C24H23N5O3/c1-31-20-11-7-17(8-12-20)21-3-2-4-22-26-24(27-29(21)22)25-19-9-5-18(6-10-19)23(30)28-13-15-32-16-14-28/h2-12H,13-16H2,1H3,(H,25,27). The fraction of sp³-hybridized carbons (Fsp3) is 0.208. The molecule has 1 saturated heterocycles. The summed E-state index contributed by atoms with van der Waals surface area (Å²) in [5.74, 6) is 1.31. The molecule has 1 aliphatic heterocycles. The van der Waals surface area contributed by atoms with Crippen molar-refractivity contribution in [3.05, 3.63) is 72.3 Å². The summed E-state index contributed by atoms with van der Waals surface area (Å²) in [4.78, 5) is 19.0. The van der Waals surface area contributed by atoms with Gasteiger partial charge in [0, 0.05) is 29.9 Å². The number of amides is 1. The lowest BCUT2D eigenvalue weighted by Gasteiger charge is -2.26. The summed E-state index contributed by atoms with van der Waals surface area (Å²) in [6, 6.07) is 21.1. The highest BCUT2D eigenvalue weighted by atomic mass is 16.5. The average Bonchev–Trinajstić information content (AvgIpc) is 3.27. The van der Waals surface area contributed by atoms with E-state index in [-0.39, 0.29) is 5.91 Å². The SMILES string of the molecule is COc1ccc(-c2cccc3nc(Nc4ccc(C(=O)N5CCOCC5)cc4)nn23)cc1. The summed E-state index contributed by atoms with van der Waals surface area (Å²) in [6.07, 6.45) is 0. The number of morpholine rings is 1. The second-order valence-corrected chi connectivity index (χ2v) is 7.45. The Morgan fingerprint density at radius 1 is 1.00 bits per heavy atom. The van der Waals surface area contributed by atoms with Gasteiger partial charge >= 0.3 is 0 Å². The Morgan fingerprint density at radius 2 is 1.75 bits per heavy atom. The number of carbonyl (C=O) groups excluding carboxylic acids is 1. The quantitative estimate of drug-likeness (QED) is 0.522. The van der Waals surface area contributed by atoms with Gasteiger partial charge in [0.1, 0.15) is 5.75 Å². The number of nitrogens with one attached hydrogen (secondary N) is 1. The fourth-order valence-electron chi connectivity index (χ4n) is 3.71. The van der Waals surface area contributed by atoms with E-state index >= 15 is 0 Å². The number of carbonyl (C=O) groups is 1. The second-order valence-electron chi connectivity index (χ2n) is 7.45. The maximum Gasteiger partial charge on any atom is 0.254 e. The highest BCUT2D eigenvalue weighted by molar-refractivity contribution is 5.94. The molecule has 0 radical (unpaired) electrons. The largest absolute Gasteiger partial charge is 0.497 e. The van der Waals surface area contributed by atoms with Gasteiger partial charge in [-0.3, -0.25) is 4.79 Å². The van der Waals surface area contributed by atoms with Crippen molar-refractivity contribution >= 4 is 23.2 Å². The van der Waals surface area contributed by atoms with Gasteiger partial charge in [-0.2, -0.15) is 4.98 Å². The zero-order valence-corrected chi connectivity index (χ0v) is 17.7. The zero-order valence-electron chi connectivity index (χ0n) is 17.7. The molecule has 5 rings (SSSR count). The third-order valence-electron chi connectivity index (χ3n) is 5.43. The highest BCUT2D eigenvalue weighted by Gasteiger charge is 2.18. The Balaban J connectivity index is 1.35. The minimum Gasteiger partial charge on any atom is -0.497 e. The van der Waals surface area contributed by atoms with E-state index in [2.05, 4.69) is 15.4 Å². The first-order valence-electron chi connectivity index (χ1n) is 10.5. The first-order chi connectivity index (χ1) is 15.7. The predicted octanol–water partition coefficient (Wildman–Crippen LogP) is 3.62. The number of anilines is 2. The van der Waals surface area contributed by atoms with Crippen LogP contribution in [0.15, 0.2) is 66.7 Å². The van der Waals surface area contributed by atoms with E-state index in [9.17, 15) is 4.79 Å². The molecule has 32 heavy (non-hydrogen) atoms. The van der Waals surface area contributed by atoms with Gasteiger partial charge < -0.3 is 19.7 Å². The third kappa shape index (κ3) is 4.00. The van der Waals surface area contributed by atoms with Crippen LogP contribution in [0.4, 0.5) is 11.6 Å². The molecule has 162 valence electrons. The van der Waals surface area contributed by atoms with E-state index in [0.717, 1.165) is 28.3 Å². The first kappa shape index (κ1) is 20.0. The third-order valence-corrected chi connectivity index (χ3v) is 5.43. The summed E-state index contributed by atoms with van der Waals surface area (Å²) in [6.45, 7) is 2.42. The van der Waals surface area contributed by atoms with Crippen LogP contribution in [0.1, 0.15) is 10.4 Å². The van der Waals surface area contributed by atoms with Crippen LogP contribution in [0.5, 0.6) is 5.75 Å². The number of hydrogen-bond acceptors (Lipinski definition) is 6. The topological polar surface area (TPSA) is 81.0 Å². The van der Waals surface area contributed by atoms with Crippen LogP contribution < -0.4 is 10.1 Å². The van der Waals surface area contributed by atoms with Crippen molar-refractivity contribution in [2.24, 2.45) is 0 Å². The van der Waals surface area contributed by atoms with Gasteiger partial charge in [0.05, 0.1) is 26.0 Å². The molecule has 1 aliphatic rings. The molecule has 0 saturated carbocycles. The van der Waals surface area contributed by atoms with Crippen molar-refractivity contribution < 1.29 is 14.3 Å². The van der Waals surface area contributed by atoms with Crippen LogP contribution in [-0.4, -0.2) is 58.8 Å². The molecule has 3 heterocycles. The number of pyridine rings is 1. The molecule has 2 aromatic heterocycles. The summed E-state index contributed by atoms with van der Waals surface area (Å²) < 4.78 is 12.4. The number of fused-ring (bicyclic) bond motifs is 1. The Bertz CT molecular complexity index is 1230. The molecule has 1 fully saturated rings. The lowest BCUT2D eigenvalue weighted by molar-refractivity contribution is 0.0303. The fourth-order valence-corrected chi connectivity index (χ4v) is 3.71. The van der Waals surface area contributed by atoms with Gasteiger partial charge in [-0.1, -0.05) is 6.07 Å². The Kier molecular flexibility index (Phi) is 5.43. The zero-order chi connectivity index (χ0) is 21.9.